The molecule has 0 radical (unpaired) electrons. The lowest BCUT2D eigenvalue weighted by atomic mass is 9.95. The van der Waals surface area contributed by atoms with E-state index >= 15 is 0 Å². The van der Waals surface area contributed by atoms with Crippen molar-refractivity contribution in [2.45, 2.75) is 19.3 Å². The van der Waals surface area contributed by atoms with Gasteiger partial charge in [-0.3, -0.25) is 0 Å². The molecule has 2 nitrogen and oxygen atoms in total. The Morgan fingerprint density at radius 2 is 1.71 bits per heavy atom. The summed E-state index contributed by atoms with van der Waals surface area (Å²) in [6, 6.07) is 17.9. The Kier molecular flexibility index (Phi) is 6.58. The third-order valence-electron chi connectivity index (χ3n) is 3.54. The molecule has 0 amide bonds. The number of para-hydroxylation sites is 1. The highest BCUT2D eigenvalue weighted by Crippen LogP contribution is 2.17. The topological polar surface area (TPSA) is 35.2 Å². The highest BCUT2D eigenvalue weighted by atomic mass is 35.5. The molecule has 0 saturated carbocycles. The molecule has 0 saturated heterocycles. The Morgan fingerprint density at radius 3 is 2.38 bits per heavy atom. The van der Waals surface area contributed by atoms with Crippen molar-refractivity contribution in [1.82, 2.24) is 0 Å². The quantitative estimate of drug-likeness (QED) is 0.737. The molecule has 1 unspecified atom stereocenters. The molecule has 21 heavy (non-hydrogen) atoms. The fourth-order valence-corrected chi connectivity index (χ4v) is 2.46. The average molecular weight is 304 g/mol. The highest BCUT2D eigenvalue weighted by molar-refractivity contribution is 6.30. The zero-order valence-corrected chi connectivity index (χ0v) is 12.9. The van der Waals surface area contributed by atoms with E-state index in [4.69, 9.17) is 22.1 Å². The number of ether oxygens (including phenoxy) is 1. The third-order valence-corrected chi connectivity index (χ3v) is 3.79. The van der Waals surface area contributed by atoms with E-state index < -0.39 is 0 Å². The van der Waals surface area contributed by atoms with E-state index in [2.05, 4.69) is 12.1 Å². The minimum Gasteiger partial charge on any atom is -0.494 e. The molecule has 2 aromatic rings. The summed E-state index contributed by atoms with van der Waals surface area (Å²) in [7, 11) is 0. The number of nitrogens with two attached hydrogens (primary N) is 1. The van der Waals surface area contributed by atoms with Gasteiger partial charge in [-0.15, -0.1) is 0 Å². The van der Waals surface area contributed by atoms with Crippen LogP contribution in [0.3, 0.4) is 0 Å². The Labute approximate surface area is 131 Å². The molecule has 2 aromatic carbocycles. The Morgan fingerprint density at radius 1 is 1.00 bits per heavy atom. The van der Waals surface area contributed by atoms with Gasteiger partial charge in [0.25, 0.3) is 0 Å². The second kappa shape index (κ2) is 8.71. The monoisotopic (exact) mass is 303 g/mol. The summed E-state index contributed by atoms with van der Waals surface area (Å²) in [6.07, 6.45) is 3.09. The standard InChI is InChI=1S/C18H22ClNO/c19-17-10-8-15(9-11-17)13-16(14-20)5-4-12-21-18-6-2-1-3-7-18/h1-3,6-11,16H,4-5,12-14,20H2. The van der Waals surface area contributed by atoms with Crippen molar-refractivity contribution in [3.63, 3.8) is 0 Å². The summed E-state index contributed by atoms with van der Waals surface area (Å²) < 4.78 is 5.71. The van der Waals surface area contributed by atoms with Crippen LogP contribution in [0.4, 0.5) is 0 Å². The summed E-state index contributed by atoms with van der Waals surface area (Å²) in [5, 5.41) is 0.777. The second-order valence-electron chi connectivity index (χ2n) is 5.24. The lowest BCUT2D eigenvalue weighted by Crippen LogP contribution is -2.17. The van der Waals surface area contributed by atoms with Crippen LogP contribution in [0.15, 0.2) is 54.6 Å². The first-order valence-corrected chi connectivity index (χ1v) is 7.78. The lowest BCUT2D eigenvalue weighted by molar-refractivity contribution is 0.292. The van der Waals surface area contributed by atoms with E-state index in [1.165, 1.54) is 5.56 Å². The average Bonchev–Trinajstić information content (AvgIpc) is 2.53. The van der Waals surface area contributed by atoms with Gasteiger partial charge >= 0.3 is 0 Å². The van der Waals surface area contributed by atoms with Gasteiger partial charge in [0.1, 0.15) is 5.75 Å². The highest BCUT2D eigenvalue weighted by Gasteiger charge is 2.08. The van der Waals surface area contributed by atoms with Crippen LogP contribution in [-0.4, -0.2) is 13.2 Å². The van der Waals surface area contributed by atoms with Gasteiger partial charge in [0.2, 0.25) is 0 Å². The Hall–Kier alpha value is -1.51. The molecule has 0 aliphatic carbocycles. The van der Waals surface area contributed by atoms with Crippen LogP contribution >= 0.6 is 11.6 Å². The first-order chi connectivity index (χ1) is 10.3. The maximum atomic E-state index is 5.90. The molecule has 0 heterocycles. The Balaban J connectivity index is 1.71. The maximum absolute atomic E-state index is 5.90. The van der Waals surface area contributed by atoms with E-state index in [0.29, 0.717) is 12.5 Å². The number of hydrogen-bond donors (Lipinski definition) is 1. The molecule has 2 rings (SSSR count). The first kappa shape index (κ1) is 15.9. The molecule has 112 valence electrons. The molecule has 0 aliphatic rings. The molecule has 0 spiro atoms. The van der Waals surface area contributed by atoms with E-state index in [1.54, 1.807) is 0 Å². The Bertz CT molecular complexity index is 513. The van der Waals surface area contributed by atoms with Gasteiger partial charge < -0.3 is 10.5 Å². The van der Waals surface area contributed by atoms with Crippen LogP contribution in [0.2, 0.25) is 5.02 Å². The van der Waals surface area contributed by atoms with Gasteiger partial charge in [-0.2, -0.15) is 0 Å². The number of hydrogen-bond acceptors (Lipinski definition) is 2. The van der Waals surface area contributed by atoms with Crippen LogP contribution in [-0.2, 0) is 6.42 Å². The minimum atomic E-state index is 0.491. The zero-order valence-electron chi connectivity index (χ0n) is 12.2. The van der Waals surface area contributed by atoms with E-state index in [0.717, 1.165) is 36.6 Å². The van der Waals surface area contributed by atoms with Gasteiger partial charge in [-0.05, 0) is 61.6 Å². The number of rotatable bonds is 8. The van der Waals surface area contributed by atoms with Crippen molar-refractivity contribution < 1.29 is 4.74 Å². The first-order valence-electron chi connectivity index (χ1n) is 7.40. The van der Waals surface area contributed by atoms with Crippen LogP contribution in [0.1, 0.15) is 18.4 Å². The van der Waals surface area contributed by atoms with Crippen LogP contribution in [0.25, 0.3) is 0 Å². The summed E-state index contributed by atoms with van der Waals surface area (Å²) >= 11 is 5.90. The van der Waals surface area contributed by atoms with Gasteiger partial charge in [0.15, 0.2) is 0 Å². The van der Waals surface area contributed by atoms with Crippen molar-refractivity contribution >= 4 is 11.6 Å². The summed E-state index contributed by atoms with van der Waals surface area (Å²) in [5.74, 6) is 1.42. The third kappa shape index (κ3) is 5.78. The van der Waals surface area contributed by atoms with Gasteiger partial charge in [0.05, 0.1) is 6.61 Å². The predicted octanol–water partition coefficient (Wildman–Crippen LogP) is 4.32. The molecule has 3 heteroatoms. The van der Waals surface area contributed by atoms with Crippen LogP contribution in [0, 0.1) is 5.92 Å². The molecular formula is C18H22ClNO. The van der Waals surface area contributed by atoms with E-state index in [9.17, 15) is 0 Å². The zero-order chi connectivity index (χ0) is 14.9. The lowest BCUT2D eigenvalue weighted by Gasteiger charge is -2.15. The summed E-state index contributed by atoms with van der Waals surface area (Å²) in [5.41, 5.74) is 7.17. The van der Waals surface area contributed by atoms with Gasteiger partial charge in [0, 0.05) is 5.02 Å². The van der Waals surface area contributed by atoms with Crippen molar-refractivity contribution in [2.24, 2.45) is 11.7 Å². The molecule has 0 bridgehead atoms. The van der Waals surface area contributed by atoms with Crippen LogP contribution in [0.5, 0.6) is 5.75 Å². The summed E-state index contributed by atoms with van der Waals surface area (Å²) in [6.45, 7) is 1.44. The number of benzene rings is 2. The number of halogens is 1. The fraction of sp³-hybridized carbons (Fsp3) is 0.333. The molecular weight excluding hydrogens is 282 g/mol. The predicted molar refractivity (Wildman–Crippen MR) is 88.9 cm³/mol. The normalized spacial score (nSPS) is 12.1. The molecule has 1 atom stereocenters. The maximum Gasteiger partial charge on any atom is 0.119 e. The SMILES string of the molecule is NCC(CCCOc1ccccc1)Cc1ccc(Cl)cc1. The fourth-order valence-electron chi connectivity index (χ4n) is 2.34. The molecule has 0 fully saturated rings. The van der Waals surface area contributed by atoms with Crippen molar-refractivity contribution in [3.8, 4) is 5.75 Å². The minimum absolute atomic E-state index is 0.491. The molecule has 0 aromatic heterocycles. The van der Waals surface area contributed by atoms with Crippen LogP contribution < -0.4 is 10.5 Å². The molecule has 2 N–H and O–H groups in total. The smallest absolute Gasteiger partial charge is 0.119 e. The molecule has 0 aliphatic heterocycles. The summed E-state index contributed by atoms with van der Waals surface area (Å²) in [4.78, 5) is 0. The van der Waals surface area contributed by atoms with E-state index in [-0.39, 0.29) is 0 Å². The van der Waals surface area contributed by atoms with Gasteiger partial charge in [-0.25, -0.2) is 0 Å². The second-order valence-corrected chi connectivity index (χ2v) is 5.67. The van der Waals surface area contributed by atoms with Crippen molar-refractivity contribution in [3.05, 3.63) is 65.2 Å². The van der Waals surface area contributed by atoms with E-state index in [1.807, 2.05) is 42.5 Å². The van der Waals surface area contributed by atoms with Crippen molar-refractivity contribution in [2.75, 3.05) is 13.2 Å². The van der Waals surface area contributed by atoms with Crippen molar-refractivity contribution in [1.29, 1.82) is 0 Å². The van der Waals surface area contributed by atoms with Gasteiger partial charge in [-0.1, -0.05) is 41.9 Å². The largest absolute Gasteiger partial charge is 0.494 e.